The SMILES string of the molecule is CCCN(CCC(=O)O)Cc1cccc(C(=O)O)c1. The molecule has 0 aliphatic rings. The van der Waals surface area contributed by atoms with Crippen molar-refractivity contribution < 1.29 is 19.8 Å². The number of hydrogen-bond acceptors (Lipinski definition) is 3. The summed E-state index contributed by atoms with van der Waals surface area (Å²) in [6.45, 7) is 3.87. The van der Waals surface area contributed by atoms with Gasteiger partial charge in [-0.3, -0.25) is 9.69 Å². The molecule has 0 aliphatic carbocycles. The van der Waals surface area contributed by atoms with Crippen molar-refractivity contribution in [3.05, 3.63) is 35.4 Å². The van der Waals surface area contributed by atoms with Gasteiger partial charge in [-0.05, 0) is 30.7 Å². The zero-order valence-electron chi connectivity index (χ0n) is 11.0. The highest BCUT2D eigenvalue weighted by atomic mass is 16.4. The van der Waals surface area contributed by atoms with Gasteiger partial charge in [0.1, 0.15) is 0 Å². The highest BCUT2D eigenvalue weighted by Crippen LogP contribution is 2.09. The van der Waals surface area contributed by atoms with Crippen LogP contribution in [0, 0.1) is 0 Å². The Balaban J connectivity index is 2.69. The quantitative estimate of drug-likeness (QED) is 0.752. The van der Waals surface area contributed by atoms with Crippen molar-refractivity contribution in [2.45, 2.75) is 26.3 Å². The number of benzene rings is 1. The van der Waals surface area contributed by atoms with Gasteiger partial charge in [0.2, 0.25) is 0 Å². The van der Waals surface area contributed by atoms with E-state index in [1.54, 1.807) is 18.2 Å². The average Bonchev–Trinajstić information content (AvgIpc) is 2.36. The van der Waals surface area contributed by atoms with E-state index in [1.165, 1.54) is 0 Å². The van der Waals surface area contributed by atoms with E-state index in [0.29, 0.717) is 13.1 Å². The number of carboxylic acid groups (broad SMARTS) is 2. The van der Waals surface area contributed by atoms with E-state index in [-0.39, 0.29) is 12.0 Å². The fourth-order valence-corrected chi connectivity index (χ4v) is 1.90. The lowest BCUT2D eigenvalue weighted by molar-refractivity contribution is -0.137. The molecular formula is C14H19NO4. The summed E-state index contributed by atoms with van der Waals surface area (Å²) in [7, 11) is 0. The molecule has 104 valence electrons. The van der Waals surface area contributed by atoms with E-state index >= 15 is 0 Å². The van der Waals surface area contributed by atoms with Gasteiger partial charge in [0.15, 0.2) is 0 Å². The summed E-state index contributed by atoms with van der Waals surface area (Å²) in [5, 5.41) is 17.6. The third-order valence-electron chi connectivity index (χ3n) is 2.76. The number of carbonyl (C=O) groups is 2. The molecular weight excluding hydrogens is 246 g/mol. The fourth-order valence-electron chi connectivity index (χ4n) is 1.90. The van der Waals surface area contributed by atoms with Crippen LogP contribution in [-0.2, 0) is 11.3 Å². The highest BCUT2D eigenvalue weighted by Gasteiger charge is 2.09. The Hall–Kier alpha value is -1.88. The lowest BCUT2D eigenvalue weighted by Crippen LogP contribution is -2.27. The Kier molecular flexibility index (Phi) is 6.02. The predicted octanol–water partition coefficient (Wildman–Crippen LogP) is 2.07. The third kappa shape index (κ3) is 5.52. The van der Waals surface area contributed by atoms with Gasteiger partial charge >= 0.3 is 11.9 Å². The Morgan fingerprint density at radius 3 is 2.53 bits per heavy atom. The number of rotatable bonds is 8. The second kappa shape index (κ2) is 7.53. The molecule has 0 bridgehead atoms. The van der Waals surface area contributed by atoms with Crippen molar-refractivity contribution in [3.8, 4) is 0 Å². The van der Waals surface area contributed by atoms with Crippen LogP contribution in [0.3, 0.4) is 0 Å². The molecule has 1 rings (SSSR count). The maximum absolute atomic E-state index is 10.9. The maximum Gasteiger partial charge on any atom is 0.335 e. The van der Waals surface area contributed by atoms with Crippen molar-refractivity contribution in [1.82, 2.24) is 4.90 Å². The number of nitrogens with zero attached hydrogens (tertiary/aromatic N) is 1. The lowest BCUT2D eigenvalue weighted by atomic mass is 10.1. The molecule has 0 radical (unpaired) electrons. The van der Waals surface area contributed by atoms with Crippen molar-refractivity contribution in [2.75, 3.05) is 13.1 Å². The summed E-state index contributed by atoms with van der Waals surface area (Å²) in [5.74, 6) is -1.77. The summed E-state index contributed by atoms with van der Waals surface area (Å²) >= 11 is 0. The Morgan fingerprint density at radius 1 is 1.21 bits per heavy atom. The number of aliphatic carboxylic acids is 1. The first kappa shape index (κ1) is 15.2. The summed E-state index contributed by atoms with van der Waals surface area (Å²) in [6.07, 6.45) is 1.02. The van der Waals surface area contributed by atoms with E-state index in [9.17, 15) is 9.59 Å². The summed E-state index contributed by atoms with van der Waals surface area (Å²) in [4.78, 5) is 23.5. The van der Waals surface area contributed by atoms with Gasteiger partial charge in [0.25, 0.3) is 0 Å². The maximum atomic E-state index is 10.9. The second-order valence-electron chi connectivity index (χ2n) is 4.43. The van der Waals surface area contributed by atoms with Gasteiger partial charge in [-0.25, -0.2) is 4.79 Å². The van der Waals surface area contributed by atoms with E-state index in [2.05, 4.69) is 0 Å². The predicted molar refractivity (Wildman–Crippen MR) is 71.2 cm³/mol. The molecule has 0 unspecified atom stereocenters. The molecule has 0 aromatic heterocycles. The van der Waals surface area contributed by atoms with Gasteiger partial charge in [0, 0.05) is 13.1 Å². The Bertz CT molecular complexity index is 445. The number of carboxylic acids is 2. The lowest BCUT2D eigenvalue weighted by Gasteiger charge is -2.21. The van der Waals surface area contributed by atoms with Crippen LogP contribution in [0.15, 0.2) is 24.3 Å². The smallest absolute Gasteiger partial charge is 0.335 e. The molecule has 0 heterocycles. The van der Waals surface area contributed by atoms with Crippen molar-refractivity contribution in [2.24, 2.45) is 0 Å². The van der Waals surface area contributed by atoms with Crippen LogP contribution in [0.2, 0.25) is 0 Å². The van der Waals surface area contributed by atoms with E-state index in [0.717, 1.165) is 18.5 Å². The van der Waals surface area contributed by atoms with Gasteiger partial charge in [-0.1, -0.05) is 19.1 Å². The zero-order chi connectivity index (χ0) is 14.3. The molecule has 0 saturated heterocycles. The standard InChI is InChI=1S/C14H19NO4/c1-2-7-15(8-6-13(16)17)10-11-4-3-5-12(9-11)14(18)19/h3-5,9H,2,6-8,10H2,1H3,(H,16,17)(H,18,19). The van der Waals surface area contributed by atoms with Crippen LogP contribution in [0.1, 0.15) is 35.7 Å². The molecule has 5 nitrogen and oxygen atoms in total. The van der Waals surface area contributed by atoms with E-state index < -0.39 is 11.9 Å². The molecule has 1 aromatic rings. The van der Waals surface area contributed by atoms with Crippen molar-refractivity contribution in [1.29, 1.82) is 0 Å². The van der Waals surface area contributed by atoms with Gasteiger partial charge in [0.05, 0.1) is 12.0 Å². The first-order valence-electron chi connectivity index (χ1n) is 6.29. The molecule has 0 aliphatic heterocycles. The summed E-state index contributed by atoms with van der Waals surface area (Å²) in [5.41, 5.74) is 1.14. The number of hydrogen-bond donors (Lipinski definition) is 2. The van der Waals surface area contributed by atoms with Gasteiger partial charge in [-0.15, -0.1) is 0 Å². The van der Waals surface area contributed by atoms with E-state index in [1.807, 2.05) is 17.9 Å². The van der Waals surface area contributed by atoms with Crippen LogP contribution in [-0.4, -0.2) is 40.1 Å². The van der Waals surface area contributed by atoms with Crippen molar-refractivity contribution >= 4 is 11.9 Å². The first-order valence-corrected chi connectivity index (χ1v) is 6.29. The molecule has 0 fully saturated rings. The van der Waals surface area contributed by atoms with Crippen LogP contribution < -0.4 is 0 Å². The normalized spacial score (nSPS) is 10.6. The van der Waals surface area contributed by atoms with Gasteiger partial charge in [-0.2, -0.15) is 0 Å². The minimum Gasteiger partial charge on any atom is -0.481 e. The van der Waals surface area contributed by atoms with E-state index in [4.69, 9.17) is 10.2 Å². The van der Waals surface area contributed by atoms with Crippen LogP contribution >= 0.6 is 0 Å². The van der Waals surface area contributed by atoms with Crippen LogP contribution in [0.25, 0.3) is 0 Å². The summed E-state index contributed by atoms with van der Waals surface area (Å²) < 4.78 is 0. The topological polar surface area (TPSA) is 77.8 Å². The fraction of sp³-hybridized carbons (Fsp3) is 0.429. The Morgan fingerprint density at radius 2 is 1.95 bits per heavy atom. The second-order valence-corrected chi connectivity index (χ2v) is 4.43. The van der Waals surface area contributed by atoms with Crippen LogP contribution in [0.5, 0.6) is 0 Å². The minimum absolute atomic E-state index is 0.0959. The van der Waals surface area contributed by atoms with Crippen molar-refractivity contribution in [3.63, 3.8) is 0 Å². The Labute approximate surface area is 112 Å². The molecule has 0 atom stereocenters. The molecule has 0 spiro atoms. The number of aromatic carboxylic acids is 1. The molecule has 19 heavy (non-hydrogen) atoms. The van der Waals surface area contributed by atoms with Gasteiger partial charge < -0.3 is 10.2 Å². The monoisotopic (exact) mass is 265 g/mol. The average molecular weight is 265 g/mol. The zero-order valence-corrected chi connectivity index (χ0v) is 11.0. The molecule has 0 amide bonds. The third-order valence-corrected chi connectivity index (χ3v) is 2.76. The molecule has 2 N–H and O–H groups in total. The molecule has 1 aromatic carbocycles. The molecule has 5 heteroatoms. The first-order chi connectivity index (χ1) is 9.02. The largest absolute Gasteiger partial charge is 0.481 e. The highest BCUT2D eigenvalue weighted by molar-refractivity contribution is 5.87. The van der Waals surface area contributed by atoms with Crippen LogP contribution in [0.4, 0.5) is 0 Å². The molecule has 0 saturated carbocycles. The summed E-state index contributed by atoms with van der Waals surface area (Å²) in [6, 6.07) is 6.75. The minimum atomic E-state index is -0.950.